The van der Waals surface area contributed by atoms with Crippen molar-refractivity contribution in [2.75, 3.05) is 4.90 Å². The minimum atomic E-state index is -1.29. The predicted molar refractivity (Wildman–Crippen MR) is 136 cm³/mol. The Hall–Kier alpha value is -4.67. The lowest BCUT2D eigenvalue weighted by atomic mass is 10.0. The Labute approximate surface area is 217 Å². The van der Waals surface area contributed by atoms with Crippen molar-refractivity contribution < 1.29 is 23.5 Å². The monoisotopic (exact) mass is 520 g/mol. The number of rotatable bonds is 7. The van der Waals surface area contributed by atoms with Crippen LogP contribution in [0.4, 0.5) is 14.5 Å². The van der Waals surface area contributed by atoms with Gasteiger partial charge in [0.1, 0.15) is 30.0 Å². The van der Waals surface area contributed by atoms with Gasteiger partial charge in [-0.2, -0.15) is 4.80 Å². The van der Waals surface area contributed by atoms with E-state index in [1.54, 1.807) is 26.8 Å². The Morgan fingerprint density at radius 1 is 1.00 bits per heavy atom. The van der Waals surface area contributed by atoms with Crippen LogP contribution >= 0.6 is 0 Å². The van der Waals surface area contributed by atoms with Gasteiger partial charge in [-0.1, -0.05) is 24.3 Å². The van der Waals surface area contributed by atoms with E-state index in [2.05, 4.69) is 20.7 Å². The summed E-state index contributed by atoms with van der Waals surface area (Å²) in [5.74, 6) is -2.26. The Morgan fingerprint density at radius 2 is 1.66 bits per heavy atom. The van der Waals surface area contributed by atoms with Crippen molar-refractivity contribution in [3.63, 3.8) is 0 Å². The van der Waals surface area contributed by atoms with Crippen molar-refractivity contribution in [1.29, 1.82) is 0 Å². The van der Waals surface area contributed by atoms with Crippen LogP contribution < -0.4 is 10.2 Å². The standard InChI is InChI=1S/C27H26F2N6O3/c1-27(2,3)30-26(38)24(17-10-14-20(36)15-11-17)35(22-7-5-4-6-21(22)29)23(37)16-34-32-25(31-33-34)18-8-12-19(28)13-9-18/h4-15,24,36H,16H2,1-3H3,(H,30,38)/t24-/m0/s1. The number of hydrogen-bond donors (Lipinski definition) is 2. The third-order valence-electron chi connectivity index (χ3n) is 5.43. The van der Waals surface area contributed by atoms with E-state index in [-0.39, 0.29) is 17.3 Å². The van der Waals surface area contributed by atoms with Gasteiger partial charge < -0.3 is 10.4 Å². The number of carbonyl (C=O) groups is 2. The summed E-state index contributed by atoms with van der Waals surface area (Å²) in [7, 11) is 0. The van der Waals surface area contributed by atoms with E-state index in [1.165, 1.54) is 66.7 Å². The topological polar surface area (TPSA) is 113 Å². The number of aromatic nitrogens is 4. The molecule has 0 fully saturated rings. The lowest BCUT2D eigenvalue weighted by Crippen LogP contribution is -2.50. The van der Waals surface area contributed by atoms with Crippen molar-refractivity contribution in [1.82, 2.24) is 25.5 Å². The number of aromatic hydroxyl groups is 1. The molecule has 0 radical (unpaired) electrons. The van der Waals surface area contributed by atoms with Gasteiger partial charge >= 0.3 is 0 Å². The highest BCUT2D eigenvalue weighted by Crippen LogP contribution is 2.31. The number of halogens is 2. The molecule has 0 aliphatic carbocycles. The van der Waals surface area contributed by atoms with Crippen molar-refractivity contribution in [2.24, 2.45) is 0 Å². The molecule has 196 valence electrons. The fourth-order valence-corrected chi connectivity index (χ4v) is 3.80. The van der Waals surface area contributed by atoms with Gasteiger partial charge in [-0.05, 0) is 80.1 Å². The van der Waals surface area contributed by atoms with Crippen LogP contribution in [0.1, 0.15) is 32.4 Å². The van der Waals surface area contributed by atoms with Crippen molar-refractivity contribution in [3.05, 3.63) is 90.0 Å². The summed E-state index contributed by atoms with van der Waals surface area (Å²) >= 11 is 0. The molecule has 0 saturated heterocycles. The van der Waals surface area contributed by atoms with E-state index in [0.29, 0.717) is 11.1 Å². The van der Waals surface area contributed by atoms with Crippen LogP contribution in [-0.2, 0) is 16.1 Å². The van der Waals surface area contributed by atoms with Gasteiger partial charge in [-0.25, -0.2) is 8.78 Å². The number of anilines is 1. The molecular formula is C27H26F2N6O3. The van der Waals surface area contributed by atoms with Gasteiger partial charge in [0.05, 0.1) is 5.69 Å². The summed E-state index contributed by atoms with van der Waals surface area (Å²) in [6, 6.07) is 15.5. The lowest BCUT2D eigenvalue weighted by molar-refractivity contribution is -0.128. The number of nitrogens with one attached hydrogen (secondary N) is 1. The van der Waals surface area contributed by atoms with Crippen LogP contribution in [0.25, 0.3) is 11.4 Å². The Morgan fingerprint density at radius 3 is 2.29 bits per heavy atom. The Balaban J connectivity index is 1.75. The third-order valence-corrected chi connectivity index (χ3v) is 5.43. The molecule has 2 N–H and O–H groups in total. The molecule has 0 spiro atoms. The number of amides is 2. The number of para-hydroxylation sites is 1. The first-order valence-corrected chi connectivity index (χ1v) is 11.7. The molecular weight excluding hydrogens is 494 g/mol. The maximum atomic E-state index is 15.1. The zero-order valence-corrected chi connectivity index (χ0v) is 21.0. The van der Waals surface area contributed by atoms with E-state index >= 15 is 4.39 Å². The van der Waals surface area contributed by atoms with E-state index in [9.17, 15) is 19.1 Å². The summed E-state index contributed by atoms with van der Waals surface area (Å²) in [4.78, 5) is 29.4. The number of nitrogens with zero attached hydrogens (tertiary/aromatic N) is 5. The fraction of sp³-hybridized carbons (Fsp3) is 0.222. The molecule has 0 aliphatic rings. The molecule has 0 unspecified atom stereocenters. The van der Waals surface area contributed by atoms with Gasteiger partial charge in [0.2, 0.25) is 11.7 Å². The van der Waals surface area contributed by atoms with Gasteiger partial charge in [0, 0.05) is 11.1 Å². The van der Waals surface area contributed by atoms with E-state index < -0.39 is 41.6 Å². The molecule has 0 saturated carbocycles. The van der Waals surface area contributed by atoms with Gasteiger partial charge in [-0.3, -0.25) is 14.5 Å². The highest BCUT2D eigenvalue weighted by Gasteiger charge is 2.36. The van der Waals surface area contributed by atoms with Gasteiger partial charge in [-0.15, -0.1) is 10.2 Å². The predicted octanol–water partition coefficient (Wildman–Crippen LogP) is 4.01. The smallest absolute Gasteiger partial charge is 0.251 e. The van der Waals surface area contributed by atoms with Crippen molar-refractivity contribution >= 4 is 17.5 Å². The second-order valence-electron chi connectivity index (χ2n) is 9.60. The Kier molecular flexibility index (Phi) is 7.47. The molecule has 4 rings (SSSR count). The van der Waals surface area contributed by atoms with E-state index in [4.69, 9.17) is 0 Å². The third kappa shape index (κ3) is 6.17. The molecule has 0 bridgehead atoms. The first-order valence-electron chi connectivity index (χ1n) is 11.7. The number of phenols is 1. The van der Waals surface area contributed by atoms with E-state index in [0.717, 1.165) is 9.70 Å². The van der Waals surface area contributed by atoms with Crippen LogP contribution in [-0.4, -0.2) is 42.7 Å². The molecule has 38 heavy (non-hydrogen) atoms. The average Bonchev–Trinajstić information content (AvgIpc) is 3.31. The first kappa shape index (κ1) is 26.4. The number of tetrazole rings is 1. The lowest BCUT2D eigenvalue weighted by Gasteiger charge is -2.33. The molecule has 3 aromatic carbocycles. The van der Waals surface area contributed by atoms with E-state index in [1.807, 2.05) is 0 Å². The largest absolute Gasteiger partial charge is 0.508 e. The maximum Gasteiger partial charge on any atom is 0.251 e. The van der Waals surface area contributed by atoms with Crippen molar-refractivity contribution in [2.45, 2.75) is 38.9 Å². The summed E-state index contributed by atoms with van der Waals surface area (Å²) in [5, 5.41) is 24.7. The van der Waals surface area contributed by atoms with Crippen LogP contribution in [0, 0.1) is 11.6 Å². The number of carbonyl (C=O) groups excluding carboxylic acids is 2. The second-order valence-corrected chi connectivity index (χ2v) is 9.60. The highest BCUT2D eigenvalue weighted by molar-refractivity contribution is 6.01. The van der Waals surface area contributed by atoms with Crippen LogP contribution in [0.15, 0.2) is 72.8 Å². The highest BCUT2D eigenvalue weighted by atomic mass is 19.1. The molecule has 1 aromatic heterocycles. The number of benzene rings is 3. The summed E-state index contributed by atoms with van der Waals surface area (Å²) < 4.78 is 28.4. The molecule has 1 heterocycles. The normalized spacial score (nSPS) is 12.1. The number of hydrogen-bond acceptors (Lipinski definition) is 6. The minimum Gasteiger partial charge on any atom is -0.508 e. The zero-order chi connectivity index (χ0) is 27.4. The quantitative estimate of drug-likeness (QED) is 0.381. The SMILES string of the molecule is CC(C)(C)NC(=O)[C@H](c1ccc(O)cc1)N(C(=O)Cn1nnc(-c2ccc(F)cc2)n1)c1ccccc1F. The minimum absolute atomic E-state index is 0.0346. The van der Waals surface area contributed by atoms with Gasteiger partial charge in [0.15, 0.2) is 0 Å². The summed E-state index contributed by atoms with van der Waals surface area (Å²) in [5.41, 5.74) is 0.0501. The van der Waals surface area contributed by atoms with Gasteiger partial charge in [0.25, 0.3) is 5.91 Å². The molecule has 4 aromatic rings. The second kappa shape index (κ2) is 10.8. The average molecular weight is 521 g/mol. The molecule has 11 heteroatoms. The zero-order valence-electron chi connectivity index (χ0n) is 21.0. The van der Waals surface area contributed by atoms with Crippen molar-refractivity contribution in [3.8, 4) is 17.1 Å². The molecule has 9 nitrogen and oxygen atoms in total. The number of phenolic OH excluding ortho intramolecular Hbond substituents is 1. The maximum absolute atomic E-state index is 15.1. The van der Waals surface area contributed by atoms with Crippen LogP contribution in [0.3, 0.4) is 0 Å². The Bertz CT molecular complexity index is 1430. The molecule has 2 amide bonds. The summed E-state index contributed by atoms with van der Waals surface area (Å²) in [6.45, 7) is 4.87. The summed E-state index contributed by atoms with van der Waals surface area (Å²) in [6.07, 6.45) is 0. The fourth-order valence-electron chi connectivity index (χ4n) is 3.80. The van der Waals surface area contributed by atoms with Crippen LogP contribution in [0.2, 0.25) is 0 Å². The molecule has 0 aliphatic heterocycles. The first-order chi connectivity index (χ1) is 18.0. The van der Waals surface area contributed by atoms with Crippen LogP contribution in [0.5, 0.6) is 5.75 Å². The molecule has 1 atom stereocenters.